The molecule has 6 heteroatoms. The van der Waals surface area contributed by atoms with Crippen molar-refractivity contribution in [3.05, 3.63) is 51.2 Å². The number of hydrogen-bond acceptors (Lipinski definition) is 3. The second kappa shape index (κ2) is 6.52. The smallest absolute Gasteiger partial charge is 0.0741 e. The lowest BCUT2D eigenvalue weighted by molar-refractivity contribution is 0.598. The highest BCUT2D eigenvalue weighted by Gasteiger charge is 2.15. The van der Waals surface area contributed by atoms with Gasteiger partial charge in [-0.25, -0.2) is 5.43 Å². The van der Waals surface area contributed by atoms with Crippen molar-refractivity contribution < 1.29 is 0 Å². The Hall–Kier alpha value is -0.880. The number of nitrogens with one attached hydrogen (secondary N) is 1. The van der Waals surface area contributed by atoms with Gasteiger partial charge in [0.1, 0.15) is 0 Å². The van der Waals surface area contributed by atoms with Crippen molar-refractivity contribution in [2.24, 2.45) is 5.84 Å². The van der Waals surface area contributed by atoms with Crippen LogP contribution >= 0.6 is 27.5 Å². The number of hydrogen-bond donors (Lipinski definition) is 2. The van der Waals surface area contributed by atoms with Crippen LogP contribution in [0.2, 0.25) is 5.02 Å². The fourth-order valence-corrected chi connectivity index (χ4v) is 2.47. The molecule has 4 nitrogen and oxygen atoms in total. The number of benzene rings is 1. The second-order valence-electron chi connectivity index (χ2n) is 4.31. The third-order valence-electron chi connectivity index (χ3n) is 2.88. The van der Waals surface area contributed by atoms with Crippen LogP contribution in [0.5, 0.6) is 0 Å². The van der Waals surface area contributed by atoms with Crippen LogP contribution in [0.15, 0.2) is 35.1 Å². The zero-order valence-corrected chi connectivity index (χ0v) is 12.9. The minimum Gasteiger partial charge on any atom is -0.272 e. The Bertz CT molecular complexity index is 555. The van der Waals surface area contributed by atoms with Gasteiger partial charge in [-0.15, -0.1) is 0 Å². The van der Waals surface area contributed by atoms with E-state index in [2.05, 4.69) is 33.4 Å². The average molecular weight is 344 g/mol. The summed E-state index contributed by atoms with van der Waals surface area (Å²) in [6.07, 6.45) is 4.90. The van der Waals surface area contributed by atoms with Crippen LogP contribution < -0.4 is 11.3 Å². The van der Waals surface area contributed by atoms with Crippen molar-refractivity contribution in [1.29, 1.82) is 0 Å². The first-order valence-corrected chi connectivity index (χ1v) is 7.26. The molecule has 2 rings (SSSR count). The molecule has 1 aromatic carbocycles. The van der Waals surface area contributed by atoms with Crippen LogP contribution in [0.4, 0.5) is 0 Å². The molecule has 0 fully saturated rings. The Morgan fingerprint density at radius 2 is 2.26 bits per heavy atom. The van der Waals surface area contributed by atoms with E-state index in [1.807, 2.05) is 35.3 Å². The normalized spacial score (nSPS) is 12.6. The van der Waals surface area contributed by atoms with E-state index in [1.54, 1.807) is 0 Å². The number of nitrogens with zero attached hydrogens (tertiary/aromatic N) is 2. The lowest BCUT2D eigenvalue weighted by Crippen LogP contribution is -2.28. The maximum absolute atomic E-state index is 6.00. The van der Waals surface area contributed by atoms with Crippen molar-refractivity contribution in [2.45, 2.75) is 25.9 Å². The van der Waals surface area contributed by atoms with E-state index >= 15 is 0 Å². The predicted molar refractivity (Wildman–Crippen MR) is 80.8 cm³/mol. The van der Waals surface area contributed by atoms with Gasteiger partial charge in [-0.2, -0.15) is 5.10 Å². The highest BCUT2D eigenvalue weighted by atomic mass is 79.9. The van der Waals surface area contributed by atoms with E-state index in [4.69, 9.17) is 17.4 Å². The van der Waals surface area contributed by atoms with Gasteiger partial charge in [0.05, 0.1) is 17.3 Å². The average Bonchev–Trinajstić information content (AvgIpc) is 2.83. The summed E-state index contributed by atoms with van der Waals surface area (Å²) >= 11 is 9.43. The first-order valence-electron chi connectivity index (χ1n) is 6.09. The Kier molecular flexibility index (Phi) is 4.99. The molecule has 0 aliphatic rings. The van der Waals surface area contributed by atoms with Crippen LogP contribution in [0.1, 0.15) is 30.5 Å². The predicted octanol–water partition coefficient (Wildman–Crippen LogP) is 3.26. The van der Waals surface area contributed by atoms with E-state index in [9.17, 15) is 0 Å². The van der Waals surface area contributed by atoms with E-state index in [-0.39, 0.29) is 6.04 Å². The largest absolute Gasteiger partial charge is 0.272 e. The number of rotatable bonds is 5. The molecule has 0 radical (unpaired) electrons. The summed E-state index contributed by atoms with van der Waals surface area (Å²) in [5.74, 6) is 5.67. The molecule has 1 atom stereocenters. The maximum atomic E-state index is 6.00. The van der Waals surface area contributed by atoms with Gasteiger partial charge >= 0.3 is 0 Å². The Morgan fingerprint density at radius 1 is 1.47 bits per heavy atom. The molecule has 1 unspecified atom stereocenters. The summed E-state index contributed by atoms with van der Waals surface area (Å²) in [7, 11) is 0. The highest BCUT2D eigenvalue weighted by Crippen LogP contribution is 2.28. The SMILES string of the molecule is CCCn1cc(C(NN)c2ccc(Cl)c(Br)c2)cn1. The summed E-state index contributed by atoms with van der Waals surface area (Å²) in [5.41, 5.74) is 4.89. The molecule has 0 bridgehead atoms. The number of aryl methyl sites for hydroxylation is 1. The van der Waals surface area contributed by atoms with E-state index in [1.165, 1.54) is 0 Å². The van der Waals surface area contributed by atoms with Crippen molar-refractivity contribution in [2.75, 3.05) is 0 Å². The Morgan fingerprint density at radius 3 is 2.89 bits per heavy atom. The molecule has 0 spiro atoms. The van der Waals surface area contributed by atoms with Gasteiger partial charge in [0.25, 0.3) is 0 Å². The van der Waals surface area contributed by atoms with Crippen molar-refractivity contribution >= 4 is 27.5 Å². The maximum Gasteiger partial charge on any atom is 0.0741 e. The van der Waals surface area contributed by atoms with Crippen molar-refractivity contribution in [3.8, 4) is 0 Å². The fraction of sp³-hybridized carbons (Fsp3) is 0.308. The molecule has 1 heterocycles. The highest BCUT2D eigenvalue weighted by molar-refractivity contribution is 9.10. The molecular formula is C13H16BrClN4. The molecule has 0 saturated heterocycles. The summed E-state index contributed by atoms with van der Waals surface area (Å²) in [5, 5.41) is 5.01. The fourth-order valence-electron chi connectivity index (χ4n) is 1.96. The summed E-state index contributed by atoms with van der Waals surface area (Å²) in [6.45, 7) is 3.03. The van der Waals surface area contributed by atoms with Gasteiger partial charge in [0.15, 0.2) is 0 Å². The quantitative estimate of drug-likeness (QED) is 0.647. The first-order chi connectivity index (χ1) is 9.15. The molecule has 0 saturated carbocycles. The van der Waals surface area contributed by atoms with Crippen LogP contribution in [0.25, 0.3) is 0 Å². The minimum absolute atomic E-state index is 0.0980. The molecule has 0 aliphatic carbocycles. The van der Waals surface area contributed by atoms with Crippen LogP contribution in [-0.4, -0.2) is 9.78 Å². The van der Waals surface area contributed by atoms with E-state index in [0.29, 0.717) is 5.02 Å². The molecule has 2 aromatic rings. The van der Waals surface area contributed by atoms with Gasteiger partial charge in [0, 0.05) is 22.8 Å². The second-order valence-corrected chi connectivity index (χ2v) is 5.57. The van der Waals surface area contributed by atoms with Crippen molar-refractivity contribution in [1.82, 2.24) is 15.2 Å². The van der Waals surface area contributed by atoms with E-state index < -0.39 is 0 Å². The summed E-state index contributed by atoms with van der Waals surface area (Å²) < 4.78 is 2.78. The standard InChI is InChI=1S/C13H16BrClN4/c1-2-5-19-8-10(7-17-19)13(18-16)9-3-4-12(15)11(14)6-9/h3-4,6-8,13,18H,2,5,16H2,1H3. The zero-order valence-electron chi connectivity index (χ0n) is 10.6. The Labute approximate surface area is 126 Å². The van der Waals surface area contributed by atoms with Gasteiger partial charge in [-0.05, 0) is 40.0 Å². The van der Waals surface area contributed by atoms with Gasteiger partial charge in [-0.3, -0.25) is 10.5 Å². The number of hydrazine groups is 1. The van der Waals surface area contributed by atoms with Crippen LogP contribution in [-0.2, 0) is 6.54 Å². The third kappa shape index (κ3) is 3.36. The number of aromatic nitrogens is 2. The van der Waals surface area contributed by atoms with Gasteiger partial charge < -0.3 is 0 Å². The summed E-state index contributed by atoms with van der Waals surface area (Å²) in [6, 6.07) is 5.67. The third-order valence-corrected chi connectivity index (χ3v) is 4.10. The summed E-state index contributed by atoms with van der Waals surface area (Å²) in [4.78, 5) is 0. The number of nitrogens with two attached hydrogens (primary N) is 1. The van der Waals surface area contributed by atoms with Crippen LogP contribution in [0, 0.1) is 0 Å². The molecule has 3 N–H and O–H groups in total. The first kappa shape index (κ1) is 14.5. The lowest BCUT2D eigenvalue weighted by Gasteiger charge is -2.15. The Balaban J connectivity index is 2.29. The number of halogens is 2. The van der Waals surface area contributed by atoms with Crippen LogP contribution in [0.3, 0.4) is 0 Å². The molecular weight excluding hydrogens is 328 g/mol. The zero-order chi connectivity index (χ0) is 13.8. The monoisotopic (exact) mass is 342 g/mol. The van der Waals surface area contributed by atoms with Crippen molar-refractivity contribution in [3.63, 3.8) is 0 Å². The molecule has 1 aromatic heterocycles. The molecule has 102 valence electrons. The minimum atomic E-state index is -0.0980. The molecule has 19 heavy (non-hydrogen) atoms. The van der Waals surface area contributed by atoms with E-state index in [0.717, 1.165) is 28.6 Å². The lowest BCUT2D eigenvalue weighted by atomic mass is 10.0. The topological polar surface area (TPSA) is 55.9 Å². The van der Waals surface area contributed by atoms with Gasteiger partial charge in [0.2, 0.25) is 0 Å². The molecule has 0 aliphatic heterocycles. The van der Waals surface area contributed by atoms with Gasteiger partial charge in [-0.1, -0.05) is 24.6 Å². The molecule has 0 amide bonds.